The summed E-state index contributed by atoms with van der Waals surface area (Å²) in [7, 11) is 0. The van der Waals surface area contributed by atoms with Gasteiger partial charge < -0.3 is 5.21 Å². The van der Waals surface area contributed by atoms with E-state index in [1.54, 1.807) is 24.3 Å². The van der Waals surface area contributed by atoms with Crippen LogP contribution in [0.3, 0.4) is 0 Å². The summed E-state index contributed by atoms with van der Waals surface area (Å²) in [6.45, 7) is 1.74. The number of allylic oxidation sites excluding steroid dienone is 1. The fourth-order valence-corrected chi connectivity index (χ4v) is 1.24. The van der Waals surface area contributed by atoms with Crippen LogP contribution in [0.2, 0.25) is 0 Å². The van der Waals surface area contributed by atoms with Crippen molar-refractivity contribution in [2.24, 2.45) is 5.16 Å². The number of thiophene rings is 1. The van der Waals surface area contributed by atoms with Crippen LogP contribution >= 0.6 is 11.3 Å². The Hall–Kier alpha value is -1.09. The topological polar surface area (TPSA) is 32.6 Å². The summed E-state index contributed by atoms with van der Waals surface area (Å²) >= 11 is 1.65. The molecule has 1 heterocycles. The fraction of sp³-hybridized carbons (Fsp3) is 0.125. The lowest BCUT2D eigenvalue weighted by Gasteiger charge is -1.83. The van der Waals surface area contributed by atoms with Gasteiger partial charge in [0, 0.05) is 4.88 Å². The monoisotopic (exact) mass is 167 g/mol. The third-order valence-electron chi connectivity index (χ3n) is 1.19. The van der Waals surface area contributed by atoms with Crippen LogP contribution in [0.25, 0.3) is 6.08 Å². The summed E-state index contributed by atoms with van der Waals surface area (Å²) < 4.78 is 0. The van der Waals surface area contributed by atoms with E-state index in [4.69, 9.17) is 5.21 Å². The highest BCUT2D eigenvalue weighted by atomic mass is 32.1. The minimum atomic E-state index is 0.610. The molecule has 0 bridgehead atoms. The lowest BCUT2D eigenvalue weighted by Crippen LogP contribution is -1.80. The zero-order chi connectivity index (χ0) is 8.10. The van der Waals surface area contributed by atoms with E-state index in [9.17, 15) is 0 Å². The maximum absolute atomic E-state index is 8.30. The smallest absolute Gasteiger partial charge is 0.0765 e. The Morgan fingerprint density at radius 2 is 2.55 bits per heavy atom. The molecule has 0 unspecified atom stereocenters. The van der Waals surface area contributed by atoms with Crippen LogP contribution in [0.15, 0.2) is 28.7 Å². The van der Waals surface area contributed by atoms with Crippen molar-refractivity contribution in [3.8, 4) is 0 Å². The van der Waals surface area contributed by atoms with E-state index in [2.05, 4.69) is 5.16 Å². The van der Waals surface area contributed by atoms with Gasteiger partial charge in [-0.3, -0.25) is 0 Å². The van der Waals surface area contributed by atoms with Crippen LogP contribution in [0.1, 0.15) is 11.8 Å². The highest BCUT2D eigenvalue weighted by molar-refractivity contribution is 7.10. The van der Waals surface area contributed by atoms with Crippen LogP contribution in [-0.2, 0) is 0 Å². The SMILES string of the molecule is CC(C=Cc1cccs1)=NO. The second-order valence-corrected chi connectivity index (χ2v) is 3.07. The van der Waals surface area contributed by atoms with Gasteiger partial charge in [0.1, 0.15) is 0 Å². The van der Waals surface area contributed by atoms with Crippen molar-refractivity contribution in [1.82, 2.24) is 0 Å². The van der Waals surface area contributed by atoms with Gasteiger partial charge in [-0.1, -0.05) is 11.2 Å². The molecule has 0 aliphatic heterocycles. The number of hydrogen-bond donors (Lipinski definition) is 1. The quantitative estimate of drug-likeness (QED) is 0.410. The average Bonchev–Trinajstić information content (AvgIpc) is 2.52. The first-order valence-corrected chi connectivity index (χ1v) is 4.11. The van der Waals surface area contributed by atoms with Crippen molar-refractivity contribution in [3.63, 3.8) is 0 Å². The summed E-state index contributed by atoms with van der Waals surface area (Å²) in [6.07, 6.45) is 3.69. The molecular formula is C8H9NOS. The molecule has 0 aliphatic carbocycles. The molecule has 2 nitrogen and oxygen atoms in total. The second kappa shape index (κ2) is 3.93. The first-order valence-electron chi connectivity index (χ1n) is 3.23. The van der Waals surface area contributed by atoms with Gasteiger partial charge in [-0.25, -0.2) is 0 Å². The van der Waals surface area contributed by atoms with Crippen molar-refractivity contribution >= 4 is 23.1 Å². The summed E-state index contributed by atoms with van der Waals surface area (Å²) in [6, 6.07) is 3.99. The predicted molar refractivity (Wildman–Crippen MR) is 48.2 cm³/mol. The largest absolute Gasteiger partial charge is 0.411 e. The maximum atomic E-state index is 8.30. The Morgan fingerprint density at radius 1 is 1.73 bits per heavy atom. The van der Waals surface area contributed by atoms with Gasteiger partial charge in [0.2, 0.25) is 0 Å². The molecule has 1 aromatic rings. The predicted octanol–water partition coefficient (Wildman–Crippen LogP) is 2.61. The van der Waals surface area contributed by atoms with E-state index in [1.807, 2.05) is 23.6 Å². The van der Waals surface area contributed by atoms with Crippen LogP contribution in [-0.4, -0.2) is 10.9 Å². The lowest BCUT2D eigenvalue weighted by atomic mass is 10.3. The number of hydrogen-bond acceptors (Lipinski definition) is 3. The highest BCUT2D eigenvalue weighted by Gasteiger charge is 1.85. The zero-order valence-corrected chi connectivity index (χ0v) is 7.01. The molecule has 0 atom stereocenters. The molecule has 0 saturated carbocycles. The third-order valence-corrected chi connectivity index (χ3v) is 2.03. The molecule has 3 heteroatoms. The second-order valence-electron chi connectivity index (χ2n) is 2.09. The minimum absolute atomic E-state index is 0.610. The summed E-state index contributed by atoms with van der Waals surface area (Å²) in [4.78, 5) is 1.16. The minimum Gasteiger partial charge on any atom is -0.411 e. The van der Waals surface area contributed by atoms with Crippen molar-refractivity contribution in [1.29, 1.82) is 0 Å². The number of oxime groups is 1. The molecule has 11 heavy (non-hydrogen) atoms. The van der Waals surface area contributed by atoms with Crippen LogP contribution in [0.5, 0.6) is 0 Å². The van der Waals surface area contributed by atoms with E-state index in [0.29, 0.717) is 5.71 Å². The molecule has 0 aliphatic rings. The molecule has 1 N–H and O–H groups in total. The van der Waals surface area contributed by atoms with Crippen LogP contribution in [0.4, 0.5) is 0 Å². The Balaban J connectivity index is 2.63. The van der Waals surface area contributed by atoms with Gasteiger partial charge in [-0.05, 0) is 30.5 Å². The molecule has 0 saturated heterocycles. The molecule has 0 aromatic carbocycles. The summed E-state index contributed by atoms with van der Waals surface area (Å²) in [5.74, 6) is 0. The molecule has 1 aromatic heterocycles. The van der Waals surface area contributed by atoms with Gasteiger partial charge in [0.05, 0.1) is 5.71 Å². The van der Waals surface area contributed by atoms with Gasteiger partial charge in [-0.15, -0.1) is 11.3 Å². The van der Waals surface area contributed by atoms with E-state index < -0.39 is 0 Å². The molecule has 0 radical (unpaired) electrons. The maximum Gasteiger partial charge on any atom is 0.0765 e. The van der Waals surface area contributed by atoms with E-state index in [1.165, 1.54) is 0 Å². The zero-order valence-electron chi connectivity index (χ0n) is 6.19. The summed E-state index contributed by atoms with van der Waals surface area (Å²) in [5.41, 5.74) is 0.610. The first kappa shape index (κ1) is 8.01. The van der Waals surface area contributed by atoms with Crippen molar-refractivity contribution in [3.05, 3.63) is 28.5 Å². The van der Waals surface area contributed by atoms with Gasteiger partial charge >= 0.3 is 0 Å². The van der Waals surface area contributed by atoms with Crippen molar-refractivity contribution in [2.45, 2.75) is 6.92 Å². The van der Waals surface area contributed by atoms with Gasteiger partial charge in [0.15, 0.2) is 0 Å². The molecule has 1 rings (SSSR count). The number of nitrogens with zero attached hydrogens (tertiary/aromatic N) is 1. The van der Waals surface area contributed by atoms with Gasteiger partial charge in [0.25, 0.3) is 0 Å². The molecule has 0 fully saturated rings. The van der Waals surface area contributed by atoms with E-state index >= 15 is 0 Å². The standard InChI is InChI=1S/C8H9NOS/c1-7(9-10)4-5-8-3-2-6-11-8/h2-6,10H,1H3. The normalized spacial score (nSPS) is 12.6. The third kappa shape index (κ3) is 2.55. The lowest BCUT2D eigenvalue weighted by molar-refractivity contribution is 0.319. The molecule has 0 spiro atoms. The Labute approximate surface area is 69.5 Å². The molecular weight excluding hydrogens is 158 g/mol. The van der Waals surface area contributed by atoms with E-state index in [0.717, 1.165) is 4.88 Å². The Morgan fingerprint density at radius 3 is 3.09 bits per heavy atom. The average molecular weight is 167 g/mol. The van der Waals surface area contributed by atoms with E-state index in [-0.39, 0.29) is 0 Å². The van der Waals surface area contributed by atoms with Crippen LogP contribution in [0, 0.1) is 0 Å². The number of rotatable bonds is 2. The van der Waals surface area contributed by atoms with Crippen molar-refractivity contribution < 1.29 is 5.21 Å². The Kier molecular flexibility index (Phi) is 2.86. The first-order chi connectivity index (χ1) is 5.33. The molecule has 58 valence electrons. The molecule has 0 amide bonds. The fourth-order valence-electron chi connectivity index (χ4n) is 0.622. The Bertz CT molecular complexity index is 262. The van der Waals surface area contributed by atoms with Gasteiger partial charge in [-0.2, -0.15) is 0 Å². The van der Waals surface area contributed by atoms with Crippen LogP contribution < -0.4 is 0 Å². The highest BCUT2D eigenvalue weighted by Crippen LogP contribution is 2.09. The summed E-state index contributed by atoms with van der Waals surface area (Å²) in [5, 5.41) is 13.3. The van der Waals surface area contributed by atoms with Crippen molar-refractivity contribution in [2.75, 3.05) is 0 Å².